The number of halogens is 3. The van der Waals surface area contributed by atoms with Crippen LogP contribution in [0.25, 0.3) is 33.2 Å². The highest BCUT2D eigenvalue weighted by molar-refractivity contribution is 6.42. The van der Waals surface area contributed by atoms with E-state index in [9.17, 15) is 0 Å². The minimum Gasteiger partial charge on any atom is -0.338 e. The summed E-state index contributed by atoms with van der Waals surface area (Å²) >= 11 is 18.6. The van der Waals surface area contributed by atoms with Crippen molar-refractivity contribution in [2.45, 2.75) is 0 Å². The molecule has 0 atom stereocenters. The number of fused-ring (bicyclic) bond motifs is 2. The first-order valence-electron chi connectivity index (χ1n) is 6.66. The van der Waals surface area contributed by atoms with E-state index in [0.29, 0.717) is 20.9 Å². The van der Waals surface area contributed by atoms with Gasteiger partial charge in [-0.15, -0.1) is 0 Å². The van der Waals surface area contributed by atoms with Crippen molar-refractivity contribution in [3.05, 3.63) is 63.6 Å². The highest BCUT2D eigenvalue weighted by atomic mass is 35.5. The average Bonchev–Trinajstić information content (AvgIpc) is 2.91. The summed E-state index contributed by atoms with van der Waals surface area (Å²) in [6.45, 7) is 0. The number of hydrogen-bond acceptors (Lipinski definition) is 1. The molecule has 1 aromatic heterocycles. The molecule has 4 aromatic rings. The minimum atomic E-state index is 0.483. The molecule has 108 valence electrons. The smallest absolute Gasteiger partial charge is 0.140 e. The van der Waals surface area contributed by atoms with Crippen LogP contribution >= 0.6 is 34.8 Å². The van der Waals surface area contributed by atoms with Crippen molar-refractivity contribution in [2.24, 2.45) is 0 Å². The number of imidazole rings is 1. The first-order valence-corrected chi connectivity index (χ1v) is 7.79. The number of benzene rings is 3. The van der Waals surface area contributed by atoms with Gasteiger partial charge < -0.3 is 4.98 Å². The van der Waals surface area contributed by atoms with Crippen LogP contribution in [-0.4, -0.2) is 9.97 Å². The summed E-state index contributed by atoms with van der Waals surface area (Å²) in [4.78, 5) is 7.82. The number of hydrogen-bond donors (Lipinski definition) is 1. The number of aromatic nitrogens is 2. The van der Waals surface area contributed by atoms with Gasteiger partial charge in [0.05, 0.1) is 26.1 Å². The summed E-state index contributed by atoms with van der Waals surface area (Å²) < 4.78 is 0. The van der Waals surface area contributed by atoms with Gasteiger partial charge in [-0.3, -0.25) is 0 Å². The van der Waals surface area contributed by atoms with Crippen molar-refractivity contribution in [1.29, 1.82) is 0 Å². The molecule has 0 saturated heterocycles. The van der Waals surface area contributed by atoms with Crippen LogP contribution in [-0.2, 0) is 0 Å². The predicted molar refractivity (Wildman–Crippen MR) is 94.1 cm³/mol. The van der Waals surface area contributed by atoms with Gasteiger partial charge in [-0.25, -0.2) is 4.98 Å². The molecule has 0 bridgehead atoms. The van der Waals surface area contributed by atoms with Crippen LogP contribution < -0.4 is 0 Å². The maximum Gasteiger partial charge on any atom is 0.140 e. The van der Waals surface area contributed by atoms with Crippen LogP contribution in [0.4, 0.5) is 0 Å². The lowest BCUT2D eigenvalue weighted by Crippen LogP contribution is -1.84. The summed E-state index contributed by atoms with van der Waals surface area (Å²) in [7, 11) is 0. The summed E-state index contributed by atoms with van der Waals surface area (Å²) in [6.07, 6.45) is 0. The molecule has 0 radical (unpaired) electrons. The fourth-order valence-corrected chi connectivity index (χ4v) is 3.20. The third-order valence-electron chi connectivity index (χ3n) is 3.64. The third kappa shape index (κ3) is 2.15. The van der Waals surface area contributed by atoms with Crippen LogP contribution in [0.3, 0.4) is 0 Å². The molecular weight excluding hydrogens is 339 g/mol. The average molecular weight is 348 g/mol. The lowest BCUT2D eigenvalue weighted by atomic mass is 10.1. The molecule has 22 heavy (non-hydrogen) atoms. The molecule has 2 nitrogen and oxygen atoms in total. The molecule has 0 fully saturated rings. The predicted octanol–water partition coefficient (Wildman–Crippen LogP) is 6.34. The molecule has 5 heteroatoms. The normalized spacial score (nSPS) is 11.4. The van der Waals surface area contributed by atoms with E-state index < -0.39 is 0 Å². The summed E-state index contributed by atoms with van der Waals surface area (Å²) in [6, 6.07) is 15.5. The molecule has 3 aromatic carbocycles. The zero-order valence-electron chi connectivity index (χ0n) is 11.2. The van der Waals surface area contributed by atoms with E-state index in [1.54, 1.807) is 12.1 Å². The zero-order valence-corrected chi connectivity index (χ0v) is 13.5. The Labute approximate surface area is 141 Å². The lowest BCUT2D eigenvalue weighted by molar-refractivity contribution is 1.34. The molecule has 0 aliphatic rings. The summed E-state index contributed by atoms with van der Waals surface area (Å²) in [5.41, 5.74) is 2.44. The number of rotatable bonds is 1. The summed E-state index contributed by atoms with van der Waals surface area (Å²) in [5.74, 6) is 0.698. The first kappa shape index (κ1) is 13.9. The summed E-state index contributed by atoms with van der Waals surface area (Å²) in [5, 5.41) is 3.75. The lowest BCUT2D eigenvalue weighted by Gasteiger charge is -2.05. The molecule has 1 N–H and O–H groups in total. The van der Waals surface area contributed by atoms with Crippen molar-refractivity contribution in [2.75, 3.05) is 0 Å². The molecule has 0 saturated carbocycles. The molecule has 0 spiro atoms. The largest absolute Gasteiger partial charge is 0.338 e. The van der Waals surface area contributed by atoms with Crippen molar-refractivity contribution >= 4 is 56.6 Å². The van der Waals surface area contributed by atoms with Gasteiger partial charge in [0.15, 0.2) is 0 Å². The Morgan fingerprint density at radius 2 is 1.64 bits per heavy atom. The monoisotopic (exact) mass is 346 g/mol. The van der Waals surface area contributed by atoms with E-state index in [4.69, 9.17) is 34.8 Å². The van der Waals surface area contributed by atoms with E-state index in [-0.39, 0.29) is 0 Å². The second kappa shape index (κ2) is 5.17. The highest BCUT2D eigenvalue weighted by Crippen LogP contribution is 2.35. The van der Waals surface area contributed by atoms with Crippen molar-refractivity contribution in [1.82, 2.24) is 9.97 Å². The van der Waals surface area contributed by atoms with Gasteiger partial charge in [0.25, 0.3) is 0 Å². The quantitative estimate of drug-likeness (QED) is 0.427. The molecule has 0 unspecified atom stereocenters. The molecule has 0 amide bonds. The van der Waals surface area contributed by atoms with Crippen LogP contribution in [0.1, 0.15) is 0 Å². The van der Waals surface area contributed by atoms with E-state index in [2.05, 4.69) is 9.97 Å². The van der Waals surface area contributed by atoms with Crippen LogP contribution in [0, 0.1) is 0 Å². The van der Waals surface area contributed by atoms with Gasteiger partial charge in [0.1, 0.15) is 5.82 Å². The van der Waals surface area contributed by atoms with E-state index in [1.807, 2.05) is 36.4 Å². The number of nitrogens with zero attached hydrogens (tertiary/aromatic N) is 1. The Balaban J connectivity index is 1.97. The van der Waals surface area contributed by atoms with Crippen molar-refractivity contribution < 1.29 is 0 Å². The minimum absolute atomic E-state index is 0.483. The van der Waals surface area contributed by atoms with Crippen molar-refractivity contribution in [3.8, 4) is 11.4 Å². The second-order valence-electron chi connectivity index (χ2n) is 5.02. The Morgan fingerprint density at radius 3 is 2.50 bits per heavy atom. The van der Waals surface area contributed by atoms with Gasteiger partial charge in [-0.05, 0) is 23.6 Å². The van der Waals surface area contributed by atoms with Crippen LogP contribution in [0.5, 0.6) is 0 Å². The SMILES string of the molecule is Clc1cc2nc(-c3ccc4ccccc4c3Cl)[nH]c2cc1Cl. The van der Waals surface area contributed by atoms with Crippen LogP contribution in [0.2, 0.25) is 15.1 Å². The Kier molecular flexibility index (Phi) is 3.26. The van der Waals surface area contributed by atoms with Crippen LogP contribution in [0.15, 0.2) is 48.5 Å². The van der Waals surface area contributed by atoms with Gasteiger partial charge in [0.2, 0.25) is 0 Å². The maximum atomic E-state index is 6.55. The third-order valence-corrected chi connectivity index (χ3v) is 4.77. The Hall–Kier alpha value is -1.74. The van der Waals surface area contributed by atoms with Gasteiger partial charge in [-0.1, -0.05) is 65.1 Å². The van der Waals surface area contributed by atoms with Gasteiger partial charge >= 0.3 is 0 Å². The fourth-order valence-electron chi connectivity index (χ4n) is 2.55. The number of aromatic amines is 1. The molecular formula is C17H9Cl3N2. The van der Waals surface area contributed by atoms with E-state index >= 15 is 0 Å². The standard InChI is InChI=1S/C17H9Cl3N2/c18-12-7-14-15(8-13(12)19)22-17(21-14)11-6-5-9-3-1-2-4-10(9)16(11)20/h1-8H,(H,21,22). The maximum absolute atomic E-state index is 6.55. The Bertz CT molecular complexity index is 982. The van der Waals surface area contributed by atoms with Crippen molar-refractivity contribution in [3.63, 3.8) is 0 Å². The fraction of sp³-hybridized carbons (Fsp3) is 0. The van der Waals surface area contributed by atoms with E-state index in [0.717, 1.165) is 27.4 Å². The number of nitrogens with one attached hydrogen (secondary N) is 1. The highest BCUT2D eigenvalue weighted by Gasteiger charge is 2.12. The molecule has 0 aliphatic carbocycles. The Morgan fingerprint density at radius 1 is 0.864 bits per heavy atom. The topological polar surface area (TPSA) is 28.7 Å². The van der Waals surface area contributed by atoms with E-state index in [1.165, 1.54) is 0 Å². The number of H-pyrrole nitrogens is 1. The molecule has 0 aliphatic heterocycles. The molecule has 4 rings (SSSR count). The first-order chi connectivity index (χ1) is 10.6. The van der Waals surface area contributed by atoms with Gasteiger partial charge in [-0.2, -0.15) is 0 Å². The molecule has 1 heterocycles. The second-order valence-corrected chi connectivity index (χ2v) is 6.21. The van der Waals surface area contributed by atoms with Gasteiger partial charge in [0, 0.05) is 10.9 Å². The zero-order chi connectivity index (χ0) is 15.3.